The lowest BCUT2D eigenvalue weighted by Crippen LogP contribution is -2.53. The molecule has 1 spiro atoms. The van der Waals surface area contributed by atoms with Crippen LogP contribution in [0.4, 0.5) is 5.69 Å². The highest BCUT2D eigenvalue weighted by Gasteiger charge is 2.70. The standard InChI is InChI=1S/C24H24ClN3O6/c1-34-8-2-7-28-21(31)19-16(9-12-3-6-17(29)18(30)10-12)27-24(20(19)22(28)32)14-11-13(25)4-5-15(14)26-23(24)33/h3-6,10-11,16,19-20,27,29-30H,2,7-9H2,1H3,(H,26,33)/t16-,19-,20+,24-/m1/s1. The molecule has 4 atom stereocenters. The van der Waals surface area contributed by atoms with Crippen LogP contribution in [0.5, 0.6) is 11.5 Å². The lowest BCUT2D eigenvalue weighted by molar-refractivity contribution is -0.143. The molecule has 3 aliphatic heterocycles. The number of phenols is 2. The second kappa shape index (κ2) is 8.26. The quantitative estimate of drug-likeness (QED) is 0.279. The van der Waals surface area contributed by atoms with Gasteiger partial charge in [-0.05, 0) is 48.7 Å². The Morgan fingerprint density at radius 3 is 2.62 bits per heavy atom. The molecule has 3 aliphatic rings. The Balaban J connectivity index is 1.58. The smallest absolute Gasteiger partial charge is 0.250 e. The molecule has 0 radical (unpaired) electrons. The zero-order valence-electron chi connectivity index (χ0n) is 18.4. The summed E-state index contributed by atoms with van der Waals surface area (Å²) in [5.41, 5.74) is 0.279. The van der Waals surface area contributed by atoms with Crippen LogP contribution in [0.2, 0.25) is 5.02 Å². The number of hydrogen-bond donors (Lipinski definition) is 4. The topological polar surface area (TPSA) is 128 Å². The van der Waals surface area contributed by atoms with Crippen molar-refractivity contribution in [2.24, 2.45) is 11.8 Å². The highest BCUT2D eigenvalue weighted by atomic mass is 35.5. The van der Waals surface area contributed by atoms with E-state index in [4.69, 9.17) is 16.3 Å². The molecule has 178 valence electrons. The number of methoxy groups -OCH3 is 1. The Bertz CT molecular complexity index is 1200. The second-order valence-electron chi connectivity index (χ2n) is 8.91. The van der Waals surface area contributed by atoms with Gasteiger partial charge in [0.2, 0.25) is 17.7 Å². The molecule has 0 bridgehead atoms. The maximum Gasteiger partial charge on any atom is 0.250 e. The number of nitrogens with one attached hydrogen (secondary N) is 2. The number of amides is 3. The summed E-state index contributed by atoms with van der Waals surface area (Å²) in [6, 6.07) is 8.82. The maximum absolute atomic E-state index is 13.6. The molecule has 9 nitrogen and oxygen atoms in total. The Morgan fingerprint density at radius 1 is 1.09 bits per heavy atom. The monoisotopic (exact) mass is 485 g/mol. The number of hydrogen-bond acceptors (Lipinski definition) is 7. The van der Waals surface area contributed by atoms with E-state index in [0.717, 1.165) is 0 Å². The molecule has 3 heterocycles. The van der Waals surface area contributed by atoms with Crippen molar-refractivity contribution in [1.29, 1.82) is 0 Å². The van der Waals surface area contributed by atoms with Gasteiger partial charge < -0.3 is 20.3 Å². The third kappa shape index (κ3) is 3.26. The summed E-state index contributed by atoms with van der Waals surface area (Å²) in [6.07, 6.45) is 0.740. The first kappa shape index (κ1) is 22.6. The van der Waals surface area contributed by atoms with Gasteiger partial charge in [-0.25, -0.2) is 0 Å². The van der Waals surface area contributed by atoms with Crippen LogP contribution in [0, 0.1) is 11.8 Å². The number of halogens is 1. The number of rotatable bonds is 6. The predicted octanol–water partition coefficient (Wildman–Crippen LogP) is 1.75. The Kier molecular flexibility index (Phi) is 5.50. The van der Waals surface area contributed by atoms with Gasteiger partial charge >= 0.3 is 0 Å². The number of phenolic OH excluding ortho intramolecular Hbond substituents is 2. The highest BCUT2D eigenvalue weighted by molar-refractivity contribution is 6.31. The van der Waals surface area contributed by atoms with Gasteiger partial charge in [0.15, 0.2) is 11.5 Å². The SMILES string of the molecule is COCCCN1C(=O)[C@H]2[C@@H](C1=O)[C@@]1(N[C@@H]2Cc2ccc(O)c(O)c2)C(=O)Nc2ccc(Cl)cc21. The summed E-state index contributed by atoms with van der Waals surface area (Å²) in [5, 5.41) is 26.2. The van der Waals surface area contributed by atoms with Gasteiger partial charge in [0, 0.05) is 42.6 Å². The molecule has 2 aromatic rings. The van der Waals surface area contributed by atoms with Gasteiger partial charge in [-0.3, -0.25) is 24.6 Å². The maximum atomic E-state index is 13.6. The lowest BCUT2D eigenvalue weighted by Gasteiger charge is -2.29. The molecular weight excluding hydrogens is 462 g/mol. The van der Waals surface area contributed by atoms with E-state index in [0.29, 0.717) is 34.9 Å². The summed E-state index contributed by atoms with van der Waals surface area (Å²) in [5.74, 6) is -3.43. The molecule has 4 N–H and O–H groups in total. The average molecular weight is 486 g/mol. The molecule has 34 heavy (non-hydrogen) atoms. The minimum atomic E-state index is -1.45. The van der Waals surface area contributed by atoms with Crippen LogP contribution in [0.25, 0.3) is 0 Å². The van der Waals surface area contributed by atoms with Crippen LogP contribution >= 0.6 is 11.6 Å². The molecule has 2 aromatic carbocycles. The Labute approximate surface area is 200 Å². The predicted molar refractivity (Wildman–Crippen MR) is 122 cm³/mol. The van der Waals surface area contributed by atoms with Crippen molar-refractivity contribution in [1.82, 2.24) is 10.2 Å². The number of benzene rings is 2. The van der Waals surface area contributed by atoms with Gasteiger partial charge in [-0.15, -0.1) is 0 Å². The van der Waals surface area contributed by atoms with E-state index in [1.807, 2.05) is 0 Å². The molecule has 0 aliphatic carbocycles. The van der Waals surface area contributed by atoms with Crippen LogP contribution in [0.3, 0.4) is 0 Å². The summed E-state index contributed by atoms with van der Waals surface area (Å²) >= 11 is 6.26. The fourth-order valence-corrected chi connectivity index (χ4v) is 5.72. The molecule has 5 rings (SSSR count). The van der Waals surface area contributed by atoms with Crippen LogP contribution in [0.15, 0.2) is 36.4 Å². The second-order valence-corrected chi connectivity index (χ2v) is 9.34. The molecular formula is C24H24ClN3O6. The largest absolute Gasteiger partial charge is 0.504 e. The van der Waals surface area contributed by atoms with Crippen molar-refractivity contribution in [3.63, 3.8) is 0 Å². The number of carbonyl (C=O) groups excluding carboxylic acids is 3. The van der Waals surface area contributed by atoms with E-state index >= 15 is 0 Å². The number of likely N-dealkylation sites (tertiary alicyclic amines) is 1. The number of fused-ring (bicyclic) bond motifs is 4. The lowest BCUT2D eigenvalue weighted by atomic mass is 9.76. The van der Waals surface area contributed by atoms with Gasteiger partial charge in [-0.2, -0.15) is 0 Å². The van der Waals surface area contributed by atoms with Gasteiger partial charge in [0.25, 0.3) is 0 Å². The minimum absolute atomic E-state index is 0.200. The minimum Gasteiger partial charge on any atom is -0.504 e. The summed E-state index contributed by atoms with van der Waals surface area (Å²) in [7, 11) is 1.55. The van der Waals surface area contributed by atoms with E-state index in [2.05, 4.69) is 10.6 Å². The summed E-state index contributed by atoms with van der Waals surface area (Å²) < 4.78 is 5.07. The van der Waals surface area contributed by atoms with Gasteiger partial charge in [0.05, 0.1) is 11.8 Å². The van der Waals surface area contributed by atoms with Crippen molar-refractivity contribution >= 4 is 35.0 Å². The molecule has 0 unspecified atom stereocenters. The third-order valence-electron chi connectivity index (χ3n) is 6.99. The van der Waals surface area contributed by atoms with E-state index in [9.17, 15) is 24.6 Å². The Morgan fingerprint density at radius 2 is 1.88 bits per heavy atom. The van der Waals surface area contributed by atoms with E-state index in [1.165, 1.54) is 17.0 Å². The van der Waals surface area contributed by atoms with Gasteiger partial charge in [-0.1, -0.05) is 17.7 Å². The van der Waals surface area contributed by atoms with Crippen molar-refractivity contribution in [3.05, 3.63) is 52.5 Å². The van der Waals surface area contributed by atoms with Crippen LogP contribution < -0.4 is 10.6 Å². The van der Waals surface area contributed by atoms with Crippen LogP contribution in [-0.4, -0.2) is 59.1 Å². The first-order chi connectivity index (χ1) is 16.3. The van der Waals surface area contributed by atoms with Crippen LogP contribution in [0.1, 0.15) is 17.5 Å². The number of imide groups is 1. The zero-order valence-corrected chi connectivity index (χ0v) is 19.1. The third-order valence-corrected chi connectivity index (χ3v) is 7.23. The van der Waals surface area contributed by atoms with E-state index in [-0.39, 0.29) is 30.4 Å². The summed E-state index contributed by atoms with van der Waals surface area (Å²) in [4.78, 5) is 41.8. The number of aromatic hydroxyl groups is 2. The fourth-order valence-electron chi connectivity index (χ4n) is 5.55. The van der Waals surface area contributed by atoms with E-state index < -0.39 is 35.2 Å². The Hall–Kier alpha value is -3.14. The molecule has 2 fully saturated rings. The van der Waals surface area contributed by atoms with E-state index in [1.54, 1.807) is 31.4 Å². The van der Waals surface area contributed by atoms with Crippen molar-refractivity contribution in [2.45, 2.75) is 24.4 Å². The number of nitrogens with zero attached hydrogens (tertiary/aromatic N) is 1. The fraction of sp³-hybridized carbons (Fsp3) is 0.375. The van der Waals surface area contributed by atoms with Crippen molar-refractivity contribution in [3.8, 4) is 11.5 Å². The number of ether oxygens (including phenoxy) is 1. The molecule has 0 saturated carbocycles. The molecule has 10 heteroatoms. The molecule has 2 saturated heterocycles. The zero-order chi connectivity index (χ0) is 24.2. The number of carbonyl (C=O) groups is 3. The van der Waals surface area contributed by atoms with Crippen molar-refractivity contribution < 1.29 is 29.3 Å². The highest BCUT2D eigenvalue weighted by Crippen LogP contribution is 2.53. The first-order valence-corrected chi connectivity index (χ1v) is 11.4. The average Bonchev–Trinajstić information content (AvgIpc) is 3.37. The first-order valence-electron chi connectivity index (χ1n) is 11.0. The molecule has 3 amide bonds. The summed E-state index contributed by atoms with van der Waals surface area (Å²) in [6.45, 7) is 0.594. The van der Waals surface area contributed by atoms with Crippen molar-refractivity contribution in [2.75, 3.05) is 25.6 Å². The van der Waals surface area contributed by atoms with Gasteiger partial charge in [0.1, 0.15) is 5.54 Å². The van der Waals surface area contributed by atoms with Crippen LogP contribution in [-0.2, 0) is 31.1 Å². The normalized spacial score (nSPS) is 27.4. The molecule has 0 aromatic heterocycles. The number of anilines is 1.